The molecular formula is C24H18ClF3N4O4. The fourth-order valence-electron chi connectivity index (χ4n) is 2.80. The highest BCUT2D eigenvalue weighted by Crippen LogP contribution is 2.30. The molecule has 12 heteroatoms. The third kappa shape index (κ3) is 7.84. The first-order chi connectivity index (χ1) is 17.1. The summed E-state index contributed by atoms with van der Waals surface area (Å²) < 4.78 is 43.9. The van der Waals surface area contributed by atoms with Gasteiger partial charge in [0.1, 0.15) is 5.75 Å². The molecule has 3 aromatic rings. The minimum absolute atomic E-state index is 0.0352. The molecular weight excluding hydrogens is 501 g/mol. The first-order valence-electron chi connectivity index (χ1n) is 10.2. The summed E-state index contributed by atoms with van der Waals surface area (Å²) in [6, 6.07) is 16.8. The molecule has 3 amide bonds. The van der Waals surface area contributed by atoms with Crippen LogP contribution < -0.4 is 20.8 Å². The first-order valence-corrected chi connectivity index (χ1v) is 10.6. The normalized spacial score (nSPS) is 11.1. The summed E-state index contributed by atoms with van der Waals surface area (Å²) in [6.45, 7) is -0.504. The summed E-state index contributed by atoms with van der Waals surface area (Å²) in [6.07, 6.45) is -3.34. The van der Waals surface area contributed by atoms with Gasteiger partial charge in [-0.05, 0) is 48.5 Å². The average molecular weight is 519 g/mol. The smallest absolute Gasteiger partial charge is 0.416 e. The lowest BCUT2D eigenvalue weighted by Gasteiger charge is -2.11. The van der Waals surface area contributed by atoms with Crippen LogP contribution in [0.1, 0.15) is 11.1 Å². The Morgan fingerprint density at radius 3 is 2.31 bits per heavy atom. The molecule has 0 saturated carbocycles. The standard InChI is InChI=1S/C24H18ClF3N4O4/c25-17-7-4-9-19(12-17)31-22(34)23(35)32-29-13-15-5-1-2-10-20(15)36-14-21(33)30-18-8-3-6-16(11-18)24(26,27)28/h1-13H,14H2,(H,30,33)(H,31,34)(H,32,35)/b29-13-. The zero-order chi connectivity index (χ0) is 26.1. The van der Waals surface area contributed by atoms with Gasteiger partial charge in [-0.1, -0.05) is 35.9 Å². The van der Waals surface area contributed by atoms with Crippen LogP contribution in [0.5, 0.6) is 5.75 Å². The first kappa shape index (κ1) is 26.2. The number of ether oxygens (including phenoxy) is 1. The van der Waals surface area contributed by atoms with Crippen molar-refractivity contribution in [1.29, 1.82) is 0 Å². The summed E-state index contributed by atoms with van der Waals surface area (Å²) in [4.78, 5) is 36.1. The van der Waals surface area contributed by atoms with Crippen molar-refractivity contribution < 1.29 is 32.3 Å². The molecule has 186 valence electrons. The molecule has 0 atom stereocenters. The number of para-hydroxylation sites is 1. The Kier molecular flexibility index (Phi) is 8.63. The second-order valence-electron chi connectivity index (χ2n) is 7.12. The number of amides is 3. The summed E-state index contributed by atoms with van der Waals surface area (Å²) in [5.74, 6) is -2.49. The van der Waals surface area contributed by atoms with Gasteiger partial charge in [0.05, 0.1) is 11.8 Å². The largest absolute Gasteiger partial charge is 0.483 e. The number of carbonyl (C=O) groups excluding carboxylic acids is 3. The van der Waals surface area contributed by atoms with Crippen LogP contribution in [0.4, 0.5) is 24.5 Å². The predicted molar refractivity (Wildman–Crippen MR) is 128 cm³/mol. The molecule has 3 aromatic carbocycles. The van der Waals surface area contributed by atoms with Crippen molar-refractivity contribution in [1.82, 2.24) is 5.43 Å². The van der Waals surface area contributed by atoms with E-state index in [9.17, 15) is 27.6 Å². The Hall–Kier alpha value is -4.38. The molecule has 0 fully saturated rings. The van der Waals surface area contributed by atoms with Crippen LogP contribution in [-0.2, 0) is 20.6 Å². The Labute approximate surface area is 208 Å². The summed E-state index contributed by atoms with van der Waals surface area (Å²) in [7, 11) is 0. The van der Waals surface area contributed by atoms with Crippen LogP contribution in [0, 0.1) is 0 Å². The van der Waals surface area contributed by atoms with Crippen molar-refractivity contribution in [3.8, 4) is 5.75 Å². The van der Waals surface area contributed by atoms with E-state index >= 15 is 0 Å². The van der Waals surface area contributed by atoms with Crippen LogP contribution in [0.15, 0.2) is 77.9 Å². The van der Waals surface area contributed by atoms with Gasteiger partial charge in [0.2, 0.25) is 0 Å². The van der Waals surface area contributed by atoms with Gasteiger partial charge in [-0.15, -0.1) is 0 Å². The number of nitrogens with zero attached hydrogens (tertiary/aromatic N) is 1. The molecule has 36 heavy (non-hydrogen) atoms. The fourth-order valence-corrected chi connectivity index (χ4v) is 2.99. The van der Waals surface area contributed by atoms with Crippen LogP contribution in [-0.4, -0.2) is 30.5 Å². The van der Waals surface area contributed by atoms with Crippen molar-refractivity contribution in [2.24, 2.45) is 5.10 Å². The number of alkyl halides is 3. The molecule has 3 N–H and O–H groups in total. The SMILES string of the molecule is O=C(COc1ccccc1/C=N\NC(=O)C(=O)Nc1cccc(Cl)c1)Nc1cccc(C(F)(F)F)c1. The van der Waals surface area contributed by atoms with E-state index in [0.29, 0.717) is 16.3 Å². The number of hydrogen-bond acceptors (Lipinski definition) is 5. The van der Waals surface area contributed by atoms with Gasteiger partial charge < -0.3 is 15.4 Å². The molecule has 0 saturated heterocycles. The van der Waals surface area contributed by atoms with Crippen molar-refractivity contribution in [3.63, 3.8) is 0 Å². The van der Waals surface area contributed by atoms with E-state index in [0.717, 1.165) is 12.1 Å². The Morgan fingerprint density at radius 1 is 0.889 bits per heavy atom. The number of rotatable bonds is 7. The minimum Gasteiger partial charge on any atom is -0.483 e. The third-order valence-electron chi connectivity index (χ3n) is 4.41. The van der Waals surface area contributed by atoms with E-state index in [1.807, 2.05) is 0 Å². The van der Waals surface area contributed by atoms with Gasteiger partial charge in [-0.25, -0.2) is 5.43 Å². The lowest BCUT2D eigenvalue weighted by molar-refractivity contribution is -0.137. The lowest BCUT2D eigenvalue weighted by atomic mass is 10.2. The summed E-state index contributed by atoms with van der Waals surface area (Å²) in [5, 5.41) is 8.79. The Morgan fingerprint density at radius 2 is 1.58 bits per heavy atom. The quantitative estimate of drug-likeness (QED) is 0.244. The monoisotopic (exact) mass is 518 g/mol. The van der Waals surface area contributed by atoms with E-state index < -0.39 is 36.1 Å². The van der Waals surface area contributed by atoms with Crippen LogP contribution in [0.25, 0.3) is 0 Å². The van der Waals surface area contributed by atoms with Crippen molar-refractivity contribution >= 4 is 46.9 Å². The van der Waals surface area contributed by atoms with Gasteiger partial charge in [-0.2, -0.15) is 18.3 Å². The van der Waals surface area contributed by atoms with Gasteiger partial charge in [0, 0.05) is 22.0 Å². The topological polar surface area (TPSA) is 109 Å². The van der Waals surface area contributed by atoms with Crippen LogP contribution in [0.2, 0.25) is 5.02 Å². The van der Waals surface area contributed by atoms with Gasteiger partial charge >= 0.3 is 18.0 Å². The number of hydrazone groups is 1. The van der Waals surface area contributed by atoms with Crippen molar-refractivity contribution in [2.75, 3.05) is 17.2 Å². The maximum atomic E-state index is 12.8. The Balaban J connectivity index is 1.54. The lowest BCUT2D eigenvalue weighted by Crippen LogP contribution is -2.32. The van der Waals surface area contributed by atoms with Crippen molar-refractivity contribution in [3.05, 3.63) is 88.9 Å². The molecule has 0 aromatic heterocycles. The number of carbonyl (C=O) groups is 3. The predicted octanol–water partition coefficient (Wildman–Crippen LogP) is 4.47. The molecule has 0 bridgehead atoms. The van der Waals surface area contributed by atoms with Crippen LogP contribution in [0.3, 0.4) is 0 Å². The third-order valence-corrected chi connectivity index (χ3v) is 4.64. The minimum atomic E-state index is -4.54. The van der Waals surface area contributed by atoms with E-state index in [-0.39, 0.29) is 11.4 Å². The molecule has 8 nitrogen and oxygen atoms in total. The highest BCUT2D eigenvalue weighted by Gasteiger charge is 2.30. The number of nitrogens with one attached hydrogen (secondary N) is 3. The number of benzene rings is 3. The summed E-state index contributed by atoms with van der Waals surface area (Å²) in [5.41, 5.74) is 1.82. The van der Waals surface area contributed by atoms with E-state index in [1.54, 1.807) is 36.4 Å². The number of anilines is 2. The van der Waals surface area contributed by atoms with E-state index in [1.165, 1.54) is 30.5 Å². The Bertz CT molecular complexity index is 1300. The zero-order valence-corrected chi connectivity index (χ0v) is 19.1. The highest BCUT2D eigenvalue weighted by molar-refractivity contribution is 6.39. The maximum absolute atomic E-state index is 12.8. The summed E-state index contributed by atoms with van der Waals surface area (Å²) >= 11 is 5.83. The highest BCUT2D eigenvalue weighted by atomic mass is 35.5. The van der Waals surface area contributed by atoms with E-state index in [4.69, 9.17) is 16.3 Å². The van der Waals surface area contributed by atoms with E-state index in [2.05, 4.69) is 21.2 Å². The van der Waals surface area contributed by atoms with Gasteiger partial charge in [0.15, 0.2) is 6.61 Å². The zero-order valence-electron chi connectivity index (χ0n) is 18.3. The molecule has 0 radical (unpaired) electrons. The molecule has 0 spiro atoms. The van der Waals surface area contributed by atoms with Crippen LogP contribution >= 0.6 is 11.6 Å². The second-order valence-corrected chi connectivity index (χ2v) is 7.55. The number of hydrogen-bond donors (Lipinski definition) is 3. The molecule has 0 aliphatic carbocycles. The van der Waals surface area contributed by atoms with Gasteiger partial charge in [-0.3, -0.25) is 14.4 Å². The molecule has 0 aliphatic rings. The maximum Gasteiger partial charge on any atom is 0.416 e. The molecule has 0 unspecified atom stereocenters. The van der Waals surface area contributed by atoms with Crippen molar-refractivity contribution in [2.45, 2.75) is 6.18 Å². The molecule has 0 aliphatic heterocycles. The fraction of sp³-hybridized carbons (Fsp3) is 0.0833. The molecule has 3 rings (SSSR count). The van der Waals surface area contributed by atoms with Gasteiger partial charge in [0.25, 0.3) is 5.91 Å². The second kappa shape index (κ2) is 11.8. The number of halogens is 4. The average Bonchev–Trinajstić information content (AvgIpc) is 2.83. The molecule has 0 heterocycles.